The first kappa shape index (κ1) is 18.8. The number of pyridine rings is 1. The maximum absolute atomic E-state index is 12.7. The van der Waals surface area contributed by atoms with E-state index in [-0.39, 0.29) is 11.8 Å². The molecule has 0 saturated carbocycles. The third-order valence-electron chi connectivity index (χ3n) is 4.71. The van der Waals surface area contributed by atoms with Gasteiger partial charge in [0.05, 0.1) is 23.9 Å². The number of aromatic nitrogens is 1. The van der Waals surface area contributed by atoms with Crippen molar-refractivity contribution in [2.45, 2.75) is 6.92 Å². The van der Waals surface area contributed by atoms with Crippen LogP contribution in [-0.4, -0.2) is 66.4 Å². The fourth-order valence-corrected chi connectivity index (χ4v) is 3.07. The van der Waals surface area contributed by atoms with E-state index >= 15 is 0 Å². The van der Waals surface area contributed by atoms with Gasteiger partial charge < -0.3 is 19.9 Å². The first-order valence-corrected chi connectivity index (χ1v) is 9.03. The van der Waals surface area contributed by atoms with E-state index in [4.69, 9.17) is 4.74 Å². The Morgan fingerprint density at radius 1 is 1.11 bits per heavy atom. The number of para-hydroxylation sites is 2. The van der Waals surface area contributed by atoms with Gasteiger partial charge in [0.1, 0.15) is 5.75 Å². The number of nitrogens with one attached hydrogen (secondary N) is 1. The van der Waals surface area contributed by atoms with Gasteiger partial charge in [-0.15, -0.1) is 0 Å². The van der Waals surface area contributed by atoms with Gasteiger partial charge in [0, 0.05) is 38.6 Å². The smallest absolute Gasteiger partial charge is 0.257 e. The highest BCUT2D eigenvalue weighted by Gasteiger charge is 2.22. The Morgan fingerprint density at radius 3 is 2.52 bits per heavy atom. The van der Waals surface area contributed by atoms with Crippen LogP contribution in [0.4, 0.5) is 5.69 Å². The van der Waals surface area contributed by atoms with Crippen LogP contribution in [0.5, 0.6) is 5.75 Å². The molecular formula is C20H24N4O3. The number of carbonyl (C=O) groups excluding carboxylic acids is 2. The fraction of sp³-hybridized carbons (Fsp3) is 0.350. The van der Waals surface area contributed by atoms with Crippen LogP contribution in [0.2, 0.25) is 0 Å². The number of piperazine rings is 1. The minimum Gasteiger partial charge on any atom is -0.495 e. The van der Waals surface area contributed by atoms with Crippen molar-refractivity contribution in [2.24, 2.45) is 0 Å². The Bertz CT molecular complexity index is 816. The van der Waals surface area contributed by atoms with Gasteiger partial charge in [0.15, 0.2) is 0 Å². The molecule has 0 spiro atoms. The number of hydrogen-bond acceptors (Lipinski definition) is 5. The molecule has 1 fully saturated rings. The van der Waals surface area contributed by atoms with Crippen molar-refractivity contribution >= 4 is 17.5 Å². The lowest BCUT2D eigenvalue weighted by Gasteiger charge is -2.34. The number of nitrogens with zero attached hydrogens (tertiary/aromatic N) is 3. The van der Waals surface area contributed by atoms with Gasteiger partial charge in [0.25, 0.3) is 11.8 Å². The van der Waals surface area contributed by atoms with Gasteiger partial charge in [-0.1, -0.05) is 19.1 Å². The second kappa shape index (κ2) is 8.64. The summed E-state index contributed by atoms with van der Waals surface area (Å²) < 4.78 is 5.25. The zero-order chi connectivity index (χ0) is 19.2. The molecule has 2 amide bonds. The van der Waals surface area contributed by atoms with Crippen LogP contribution in [0.15, 0.2) is 42.7 Å². The van der Waals surface area contributed by atoms with Crippen molar-refractivity contribution in [1.29, 1.82) is 0 Å². The van der Waals surface area contributed by atoms with Crippen molar-refractivity contribution in [3.63, 3.8) is 0 Å². The number of hydrogen-bond donors (Lipinski definition) is 1. The molecule has 0 unspecified atom stereocenters. The molecule has 142 valence electrons. The summed E-state index contributed by atoms with van der Waals surface area (Å²) in [5, 5.41) is 2.80. The van der Waals surface area contributed by atoms with Crippen LogP contribution in [0.3, 0.4) is 0 Å². The van der Waals surface area contributed by atoms with Crippen molar-refractivity contribution in [1.82, 2.24) is 14.8 Å². The number of anilines is 1. The van der Waals surface area contributed by atoms with Gasteiger partial charge in [-0.25, -0.2) is 0 Å². The van der Waals surface area contributed by atoms with Gasteiger partial charge in [0.2, 0.25) is 0 Å². The summed E-state index contributed by atoms with van der Waals surface area (Å²) in [6.07, 6.45) is 2.96. The maximum Gasteiger partial charge on any atom is 0.257 e. The van der Waals surface area contributed by atoms with Gasteiger partial charge >= 0.3 is 0 Å². The van der Waals surface area contributed by atoms with Crippen LogP contribution in [0.1, 0.15) is 27.6 Å². The standard InChI is InChI=1S/C20H24N4O3/c1-3-23-8-10-24(11-9-23)20(26)16-12-15(13-21-14-16)19(25)22-17-6-4-5-7-18(17)27-2/h4-7,12-14H,3,8-11H2,1-2H3,(H,22,25). The molecule has 1 saturated heterocycles. The molecule has 0 aliphatic carbocycles. The summed E-state index contributed by atoms with van der Waals surface area (Å²) in [5.41, 5.74) is 1.32. The summed E-state index contributed by atoms with van der Waals surface area (Å²) in [4.78, 5) is 33.5. The van der Waals surface area contributed by atoms with E-state index in [2.05, 4.69) is 22.1 Å². The molecular weight excluding hydrogens is 344 g/mol. The van der Waals surface area contributed by atoms with Crippen molar-refractivity contribution < 1.29 is 14.3 Å². The molecule has 1 aliphatic heterocycles. The predicted octanol–water partition coefficient (Wildman–Crippen LogP) is 2.12. The zero-order valence-electron chi connectivity index (χ0n) is 15.6. The third-order valence-corrected chi connectivity index (χ3v) is 4.71. The molecule has 0 radical (unpaired) electrons. The fourth-order valence-electron chi connectivity index (χ4n) is 3.07. The minimum atomic E-state index is -0.336. The number of likely N-dealkylation sites (N-methyl/N-ethyl adjacent to an activating group) is 1. The van der Waals surface area contributed by atoms with Gasteiger partial charge in [-0.3, -0.25) is 14.6 Å². The van der Waals surface area contributed by atoms with E-state index in [0.29, 0.717) is 35.7 Å². The average molecular weight is 368 g/mol. The van der Waals surface area contributed by atoms with Crippen LogP contribution in [0.25, 0.3) is 0 Å². The van der Waals surface area contributed by atoms with Gasteiger partial charge in [-0.05, 0) is 24.7 Å². The average Bonchev–Trinajstić information content (AvgIpc) is 2.73. The zero-order valence-corrected chi connectivity index (χ0v) is 15.6. The topological polar surface area (TPSA) is 74.8 Å². The van der Waals surface area contributed by atoms with Crippen LogP contribution >= 0.6 is 0 Å². The van der Waals surface area contributed by atoms with E-state index in [9.17, 15) is 9.59 Å². The molecule has 0 bridgehead atoms. The summed E-state index contributed by atoms with van der Waals surface area (Å²) >= 11 is 0. The molecule has 1 aromatic carbocycles. The number of carbonyl (C=O) groups is 2. The number of amides is 2. The highest BCUT2D eigenvalue weighted by Crippen LogP contribution is 2.23. The van der Waals surface area contributed by atoms with Crippen molar-refractivity contribution in [3.8, 4) is 5.75 Å². The Labute approximate surface area is 158 Å². The number of benzene rings is 1. The lowest BCUT2D eigenvalue weighted by molar-refractivity contribution is 0.0643. The molecule has 3 rings (SSSR count). The molecule has 2 heterocycles. The third kappa shape index (κ3) is 4.43. The highest BCUT2D eigenvalue weighted by atomic mass is 16.5. The number of methoxy groups -OCH3 is 1. The first-order valence-electron chi connectivity index (χ1n) is 9.03. The van der Waals surface area contributed by atoms with E-state index in [1.54, 1.807) is 25.3 Å². The quantitative estimate of drug-likeness (QED) is 0.875. The lowest BCUT2D eigenvalue weighted by Crippen LogP contribution is -2.48. The summed E-state index contributed by atoms with van der Waals surface area (Å²) in [7, 11) is 1.55. The van der Waals surface area contributed by atoms with E-state index in [1.807, 2.05) is 17.0 Å². The lowest BCUT2D eigenvalue weighted by atomic mass is 10.1. The molecule has 1 N–H and O–H groups in total. The van der Waals surface area contributed by atoms with Crippen LogP contribution < -0.4 is 10.1 Å². The molecule has 1 aliphatic rings. The van der Waals surface area contributed by atoms with E-state index < -0.39 is 0 Å². The normalized spacial score (nSPS) is 14.7. The van der Waals surface area contributed by atoms with Crippen LogP contribution in [0, 0.1) is 0 Å². The largest absolute Gasteiger partial charge is 0.495 e. The second-order valence-corrected chi connectivity index (χ2v) is 6.34. The summed E-state index contributed by atoms with van der Waals surface area (Å²) in [6, 6.07) is 8.75. The minimum absolute atomic E-state index is 0.0924. The van der Waals surface area contributed by atoms with Gasteiger partial charge in [-0.2, -0.15) is 0 Å². The van der Waals surface area contributed by atoms with E-state index in [0.717, 1.165) is 19.6 Å². The number of ether oxygens (including phenoxy) is 1. The summed E-state index contributed by atoms with van der Waals surface area (Å²) in [6.45, 7) is 6.20. The molecule has 7 nitrogen and oxygen atoms in total. The number of rotatable bonds is 5. The van der Waals surface area contributed by atoms with Crippen LogP contribution in [-0.2, 0) is 0 Å². The Hall–Kier alpha value is -2.93. The second-order valence-electron chi connectivity index (χ2n) is 6.34. The molecule has 2 aromatic rings. The highest BCUT2D eigenvalue weighted by molar-refractivity contribution is 6.06. The van der Waals surface area contributed by atoms with Crippen molar-refractivity contribution in [2.75, 3.05) is 45.2 Å². The Kier molecular flexibility index (Phi) is 6.03. The summed E-state index contributed by atoms with van der Waals surface area (Å²) in [5.74, 6) is 0.141. The van der Waals surface area contributed by atoms with Crippen molar-refractivity contribution in [3.05, 3.63) is 53.9 Å². The molecule has 0 atom stereocenters. The Morgan fingerprint density at radius 2 is 1.81 bits per heavy atom. The maximum atomic E-state index is 12.7. The molecule has 1 aromatic heterocycles. The SMILES string of the molecule is CCN1CCN(C(=O)c2cncc(C(=O)Nc3ccccc3OC)c2)CC1. The first-order chi connectivity index (χ1) is 13.1. The predicted molar refractivity (Wildman–Crippen MR) is 103 cm³/mol. The molecule has 7 heteroatoms. The molecule has 27 heavy (non-hydrogen) atoms. The Balaban J connectivity index is 1.71. The monoisotopic (exact) mass is 368 g/mol. The van der Waals surface area contributed by atoms with E-state index in [1.165, 1.54) is 12.4 Å².